The molecule has 3 N–H and O–H groups in total. The van der Waals surface area contributed by atoms with E-state index in [0.717, 1.165) is 11.3 Å². The number of rotatable bonds is 5. The number of anilines is 1. The number of carbonyl (C=O) groups is 2. The van der Waals surface area contributed by atoms with Crippen LogP contribution in [0.1, 0.15) is 42.7 Å². The van der Waals surface area contributed by atoms with Gasteiger partial charge in [0.15, 0.2) is 17.3 Å². The first-order chi connectivity index (χ1) is 17.9. The van der Waals surface area contributed by atoms with Crippen LogP contribution in [-0.2, 0) is 9.59 Å². The maximum Gasteiger partial charge on any atom is 0.254 e. The Morgan fingerprint density at radius 2 is 1.76 bits per heavy atom. The van der Waals surface area contributed by atoms with Crippen molar-refractivity contribution >= 4 is 17.4 Å². The molecule has 1 heterocycles. The Kier molecular flexibility index (Phi) is 6.53. The van der Waals surface area contributed by atoms with E-state index in [1.54, 1.807) is 31.2 Å². The highest BCUT2D eigenvalue weighted by Gasteiger charge is 2.41. The fourth-order valence-corrected chi connectivity index (χ4v) is 5.26. The molecule has 1 aliphatic heterocycles. The zero-order valence-corrected chi connectivity index (χ0v) is 20.5. The molecule has 3 aromatic rings. The maximum absolute atomic E-state index is 14.4. The van der Waals surface area contributed by atoms with E-state index in [9.17, 15) is 19.1 Å². The number of halogens is 1. The number of hydrogen-bond acceptors (Lipinski definition) is 5. The highest BCUT2D eigenvalue weighted by atomic mass is 19.1. The number of amides is 1. The van der Waals surface area contributed by atoms with E-state index in [1.807, 2.05) is 30.3 Å². The van der Waals surface area contributed by atoms with Gasteiger partial charge in [-0.1, -0.05) is 48.5 Å². The molecule has 0 fully saturated rings. The lowest BCUT2D eigenvalue weighted by Crippen LogP contribution is -2.37. The lowest BCUT2D eigenvalue weighted by molar-refractivity contribution is -0.116. The number of aromatic hydroxyl groups is 1. The first kappa shape index (κ1) is 24.3. The maximum atomic E-state index is 14.4. The van der Waals surface area contributed by atoms with Crippen LogP contribution in [0.15, 0.2) is 95.3 Å². The van der Waals surface area contributed by atoms with Crippen molar-refractivity contribution in [2.45, 2.75) is 31.6 Å². The number of phenols is 1. The predicted octanol–water partition coefficient (Wildman–Crippen LogP) is 5.54. The van der Waals surface area contributed by atoms with Crippen molar-refractivity contribution in [3.05, 3.63) is 112 Å². The van der Waals surface area contributed by atoms with E-state index in [2.05, 4.69) is 10.6 Å². The summed E-state index contributed by atoms with van der Waals surface area (Å²) in [6.45, 7) is 1.78. The van der Waals surface area contributed by atoms with Gasteiger partial charge in [-0.05, 0) is 54.7 Å². The van der Waals surface area contributed by atoms with Gasteiger partial charge in [-0.25, -0.2) is 4.39 Å². The Bertz CT molecular complexity index is 1440. The minimum atomic E-state index is -0.721. The summed E-state index contributed by atoms with van der Waals surface area (Å²) in [5, 5.41) is 16.2. The van der Waals surface area contributed by atoms with Gasteiger partial charge in [0.1, 0.15) is 5.82 Å². The van der Waals surface area contributed by atoms with Gasteiger partial charge in [-0.3, -0.25) is 9.59 Å². The monoisotopic (exact) mass is 498 g/mol. The number of ketones is 1. The molecule has 7 heteroatoms. The molecule has 37 heavy (non-hydrogen) atoms. The quantitative estimate of drug-likeness (QED) is 0.430. The van der Waals surface area contributed by atoms with Crippen molar-refractivity contribution in [1.29, 1.82) is 0 Å². The van der Waals surface area contributed by atoms with Gasteiger partial charge in [0.2, 0.25) is 0 Å². The normalized spacial score (nSPS) is 19.3. The summed E-state index contributed by atoms with van der Waals surface area (Å²) < 4.78 is 19.7. The highest BCUT2D eigenvalue weighted by Crippen LogP contribution is 2.46. The Morgan fingerprint density at radius 1 is 1.03 bits per heavy atom. The molecule has 0 radical (unpaired) electrons. The first-order valence-corrected chi connectivity index (χ1v) is 12.1. The van der Waals surface area contributed by atoms with E-state index in [1.165, 1.54) is 25.3 Å². The average molecular weight is 499 g/mol. The van der Waals surface area contributed by atoms with Crippen molar-refractivity contribution in [2.24, 2.45) is 0 Å². The average Bonchev–Trinajstić information content (AvgIpc) is 2.90. The summed E-state index contributed by atoms with van der Waals surface area (Å²) in [5.41, 5.74) is 3.90. The van der Waals surface area contributed by atoms with Crippen LogP contribution in [0.3, 0.4) is 0 Å². The topological polar surface area (TPSA) is 87.7 Å². The minimum Gasteiger partial charge on any atom is -0.504 e. The molecule has 2 aliphatic rings. The number of nitrogens with one attached hydrogen (secondary N) is 2. The van der Waals surface area contributed by atoms with Crippen LogP contribution in [0.5, 0.6) is 11.5 Å². The molecule has 1 aliphatic carbocycles. The second-order valence-corrected chi connectivity index (χ2v) is 9.29. The fraction of sp³-hybridized carbons (Fsp3) is 0.200. The van der Waals surface area contributed by atoms with Crippen molar-refractivity contribution in [3.63, 3.8) is 0 Å². The highest BCUT2D eigenvalue weighted by molar-refractivity contribution is 6.10. The van der Waals surface area contributed by atoms with Gasteiger partial charge in [0, 0.05) is 34.9 Å². The summed E-state index contributed by atoms with van der Waals surface area (Å²) in [4.78, 5) is 27.3. The molecule has 5 rings (SSSR count). The van der Waals surface area contributed by atoms with Crippen molar-refractivity contribution in [2.75, 3.05) is 12.4 Å². The molecule has 3 aromatic carbocycles. The third-order valence-corrected chi connectivity index (χ3v) is 7.00. The number of Topliss-reactive ketones (excluding diaryl/α,β-unsaturated/α-hetero) is 1. The molecule has 6 nitrogen and oxygen atoms in total. The summed E-state index contributed by atoms with van der Waals surface area (Å²) in [6.07, 6.45) is 0.911. The molecule has 0 bridgehead atoms. The van der Waals surface area contributed by atoms with E-state index >= 15 is 0 Å². The summed E-state index contributed by atoms with van der Waals surface area (Å²) in [7, 11) is 1.44. The van der Waals surface area contributed by atoms with Crippen LogP contribution < -0.4 is 15.4 Å². The van der Waals surface area contributed by atoms with Crippen LogP contribution in [0, 0.1) is 5.82 Å². The second-order valence-electron chi connectivity index (χ2n) is 9.29. The van der Waals surface area contributed by atoms with E-state index < -0.39 is 17.6 Å². The van der Waals surface area contributed by atoms with Crippen LogP contribution in [0.25, 0.3) is 0 Å². The number of dihydropyridines is 1. The van der Waals surface area contributed by atoms with Crippen LogP contribution in [0.2, 0.25) is 0 Å². The predicted molar refractivity (Wildman–Crippen MR) is 139 cm³/mol. The summed E-state index contributed by atoms with van der Waals surface area (Å²) >= 11 is 0. The van der Waals surface area contributed by atoms with Gasteiger partial charge in [-0.15, -0.1) is 0 Å². The smallest absolute Gasteiger partial charge is 0.254 e. The SMILES string of the molecule is COc1cc(C2C(C(=O)Nc3ccccc3F)=C(C)NC3=C2C(=O)CC(c2ccccc2)C3)ccc1O. The summed E-state index contributed by atoms with van der Waals surface area (Å²) in [5.74, 6) is -1.67. The Morgan fingerprint density at radius 3 is 2.49 bits per heavy atom. The number of para-hydroxylation sites is 1. The molecular formula is C30H27FN2O4. The van der Waals surface area contributed by atoms with Crippen molar-refractivity contribution < 1.29 is 23.8 Å². The second kappa shape index (κ2) is 9.93. The Balaban J connectivity index is 1.60. The molecule has 0 saturated heterocycles. The third-order valence-electron chi connectivity index (χ3n) is 7.00. The van der Waals surface area contributed by atoms with Gasteiger partial charge in [-0.2, -0.15) is 0 Å². The van der Waals surface area contributed by atoms with Gasteiger partial charge in [0.25, 0.3) is 5.91 Å². The zero-order valence-electron chi connectivity index (χ0n) is 20.5. The first-order valence-electron chi connectivity index (χ1n) is 12.1. The lowest BCUT2D eigenvalue weighted by Gasteiger charge is -2.37. The van der Waals surface area contributed by atoms with Gasteiger partial charge >= 0.3 is 0 Å². The number of methoxy groups -OCH3 is 1. The number of ether oxygens (including phenoxy) is 1. The van der Waals surface area contributed by atoms with Crippen LogP contribution in [-0.4, -0.2) is 23.9 Å². The summed E-state index contributed by atoms with van der Waals surface area (Å²) in [6, 6.07) is 20.6. The number of hydrogen-bond donors (Lipinski definition) is 3. The lowest BCUT2D eigenvalue weighted by atomic mass is 9.71. The molecule has 2 atom stereocenters. The molecule has 188 valence electrons. The Hall–Kier alpha value is -4.39. The molecule has 2 unspecified atom stereocenters. The molecular weight excluding hydrogens is 471 g/mol. The standard InChI is InChI=1S/C30H27FN2O4/c1-17-27(30(36)33-22-11-7-6-10-21(22)31)28(19-12-13-24(34)26(16-19)37-2)29-23(32-17)14-20(15-25(29)35)18-8-4-3-5-9-18/h3-13,16,20,28,32,34H,14-15H2,1-2H3,(H,33,36). The molecule has 0 spiro atoms. The molecule has 0 saturated carbocycles. The third kappa shape index (κ3) is 4.60. The number of benzene rings is 3. The largest absolute Gasteiger partial charge is 0.504 e. The van der Waals surface area contributed by atoms with E-state index in [-0.39, 0.29) is 28.9 Å². The zero-order chi connectivity index (χ0) is 26.1. The van der Waals surface area contributed by atoms with Crippen LogP contribution >= 0.6 is 0 Å². The fourth-order valence-electron chi connectivity index (χ4n) is 5.26. The van der Waals surface area contributed by atoms with Crippen LogP contribution in [0.4, 0.5) is 10.1 Å². The van der Waals surface area contributed by atoms with Gasteiger partial charge < -0.3 is 20.5 Å². The number of allylic oxidation sites excluding steroid dienone is 3. The van der Waals surface area contributed by atoms with Gasteiger partial charge in [0.05, 0.1) is 12.8 Å². The minimum absolute atomic E-state index is 0.0107. The molecule has 0 aromatic heterocycles. The van der Waals surface area contributed by atoms with Crippen molar-refractivity contribution in [3.8, 4) is 11.5 Å². The number of carbonyl (C=O) groups excluding carboxylic acids is 2. The molecule has 1 amide bonds. The van der Waals surface area contributed by atoms with E-state index in [0.29, 0.717) is 35.2 Å². The van der Waals surface area contributed by atoms with E-state index in [4.69, 9.17) is 4.74 Å². The number of phenolic OH excluding ortho intramolecular Hbond substituents is 1. The Labute approximate surface area is 214 Å². The van der Waals surface area contributed by atoms with Crippen molar-refractivity contribution in [1.82, 2.24) is 5.32 Å².